The summed E-state index contributed by atoms with van der Waals surface area (Å²) >= 11 is 0. The Morgan fingerprint density at radius 2 is 1.76 bits per heavy atom. The standard InChI is InChI=1S/C20H27N3O2/c1-3-23(4-2)13-14-25-19-8-6-5-7-18(19)22-20(24)15-16-9-11-17(21)12-10-16/h5-12H,3-4,13-15,21H2,1-2H3,(H,22,24). The molecule has 25 heavy (non-hydrogen) atoms. The number of nitrogen functional groups attached to an aromatic ring is 1. The van der Waals surface area contributed by atoms with Gasteiger partial charge in [0.1, 0.15) is 12.4 Å². The first-order chi connectivity index (χ1) is 12.1. The summed E-state index contributed by atoms with van der Waals surface area (Å²) in [6.07, 6.45) is 0.300. The second-order valence-electron chi connectivity index (χ2n) is 5.84. The topological polar surface area (TPSA) is 67.6 Å². The Kier molecular flexibility index (Phi) is 7.29. The van der Waals surface area contributed by atoms with E-state index in [1.807, 2.05) is 36.4 Å². The van der Waals surface area contributed by atoms with Gasteiger partial charge in [0, 0.05) is 12.2 Å². The molecule has 0 aliphatic rings. The number of para-hydroxylation sites is 2. The number of anilines is 2. The maximum atomic E-state index is 12.3. The van der Waals surface area contributed by atoms with E-state index in [1.54, 1.807) is 12.1 Å². The van der Waals surface area contributed by atoms with Crippen LogP contribution < -0.4 is 15.8 Å². The number of rotatable bonds is 9. The van der Waals surface area contributed by atoms with Crippen molar-refractivity contribution in [1.82, 2.24) is 4.90 Å². The maximum absolute atomic E-state index is 12.3. The normalized spacial score (nSPS) is 10.7. The Balaban J connectivity index is 1.92. The van der Waals surface area contributed by atoms with Gasteiger partial charge < -0.3 is 20.7 Å². The molecule has 0 heterocycles. The molecule has 0 saturated heterocycles. The fourth-order valence-corrected chi connectivity index (χ4v) is 2.54. The van der Waals surface area contributed by atoms with E-state index >= 15 is 0 Å². The SMILES string of the molecule is CCN(CC)CCOc1ccccc1NC(=O)Cc1ccc(N)cc1. The van der Waals surface area contributed by atoms with E-state index < -0.39 is 0 Å². The predicted molar refractivity (Wildman–Crippen MR) is 103 cm³/mol. The lowest BCUT2D eigenvalue weighted by Gasteiger charge is -2.19. The van der Waals surface area contributed by atoms with Gasteiger partial charge in [0.05, 0.1) is 12.1 Å². The number of carbonyl (C=O) groups is 1. The minimum Gasteiger partial charge on any atom is -0.490 e. The maximum Gasteiger partial charge on any atom is 0.228 e. The molecular weight excluding hydrogens is 314 g/mol. The molecule has 5 nitrogen and oxygen atoms in total. The fourth-order valence-electron chi connectivity index (χ4n) is 2.54. The number of ether oxygens (including phenoxy) is 1. The third-order valence-electron chi connectivity index (χ3n) is 4.07. The van der Waals surface area contributed by atoms with Crippen molar-refractivity contribution in [3.05, 3.63) is 54.1 Å². The third-order valence-corrected chi connectivity index (χ3v) is 4.07. The van der Waals surface area contributed by atoms with E-state index in [0.29, 0.717) is 30.2 Å². The molecule has 0 bridgehead atoms. The molecule has 0 unspecified atom stereocenters. The molecule has 5 heteroatoms. The molecule has 2 rings (SSSR count). The van der Waals surface area contributed by atoms with Crippen LogP contribution in [0.5, 0.6) is 5.75 Å². The van der Waals surface area contributed by atoms with Crippen LogP contribution in [0, 0.1) is 0 Å². The predicted octanol–water partition coefficient (Wildman–Crippen LogP) is 3.17. The van der Waals surface area contributed by atoms with Gasteiger partial charge in [-0.05, 0) is 42.9 Å². The van der Waals surface area contributed by atoms with Crippen molar-refractivity contribution in [3.63, 3.8) is 0 Å². The number of carbonyl (C=O) groups excluding carboxylic acids is 1. The van der Waals surface area contributed by atoms with E-state index in [1.165, 1.54) is 0 Å². The van der Waals surface area contributed by atoms with Gasteiger partial charge >= 0.3 is 0 Å². The Morgan fingerprint density at radius 1 is 1.08 bits per heavy atom. The summed E-state index contributed by atoms with van der Waals surface area (Å²) in [5, 5.41) is 2.93. The molecule has 0 spiro atoms. The van der Waals surface area contributed by atoms with Crippen molar-refractivity contribution >= 4 is 17.3 Å². The monoisotopic (exact) mass is 341 g/mol. The number of amides is 1. The molecule has 0 aromatic heterocycles. The Hall–Kier alpha value is -2.53. The minimum atomic E-state index is -0.0791. The highest BCUT2D eigenvalue weighted by Gasteiger charge is 2.09. The summed E-state index contributed by atoms with van der Waals surface area (Å²) in [5.41, 5.74) is 7.98. The smallest absolute Gasteiger partial charge is 0.228 e. The van der Waals surface area contributed by atoms with Crippen molar-refractivity contribution in [3.8, 4) is 5.75 Å². The van der Waals surface area contributed by atoms with Crippen LogP contribution in [-0.2, 0) is 11.2 Å². The zero-order valence-electron chi connectivity index (χ0n) is 15.0. The van der Waals surface area contributed by atoms with Crippen molar-refractivity contribution in [1.29, 1.82) is 0 Å². The number of nitrogens with two attached hydrogens (primary N) is 1. The van der Waals surface area contributed by atoms with Gasteiger partial charge in [-0.1, -0.05) is 38.1 Å². The molecule has 0 aliphatic heterocycles. The zero-order valence-corrected chi connectivity index (χ0v) is 15.0. The van der Waals surface area contributed by atoms with E-state index in [9.17, 15) is 4.79 Å². The van der Waals surface area contributed by atoms with Gasteiger partial charge in [0.2, 0.25) is 5.91 Å². The molecule has 2 aromatic rings. The molecule has 0 aliphatic carbocycles. The van der Waals surface area contributed by atoms with Gasteiger partial charge in [0.15, 0.2) is 0 Å². The number of likely N-dealkylation sites (N-methyl/N-ethyl adjacent to an activating group) is 1. The summed E-state index contributed by atoms with van der Waals surface area (Å²) < 4.78 is 5.87. The fraction of sp³-hybridized carbons (Fsp3) is 0.350. The molecule has 134 valence electrons. The second-order valence-corrected chi connectivity index (χ2v) is 5.84. The highest BCUT2D eigenvalue weighted by Crippen LogP contribution is 2.24. The summed E-state index contributed by atoms with van der Waals surface area (Å²) in [6.45, 7) is 7.72. The minimum absolute atomic E-state index is 0.0791. The summed E-state index contributed by atoms with van der Waals surface area (Å²) in [7, 11) is 0. The Labute approximate surface area is 149 Å². The molecule has 0 saturated carbocycles. The Bertz CT molecular complexity index is 667. The van der Waals surface area contributed by atoms with Crippen LogP contribution in [0.15, 0.2) is 48.5 Å². The van der Waals surface area contributed by atoms with Crippen molar-refractivity contribution < 1.29 is 9.53 Å². The lowest BCUT2D eigenvalue weighted by molar-refractivity contribution is -0.115. The summed E-state index contributed by atoms with van der Waals surface area (Å²) in [6, 6.07) is 14.8. The van der Waals surface area contributed by atoms with Gasteiger partial charge in [-0.2, -0.15) is 0 Å². The molecule has 0 atom stereocenters. The third kappa shape index (κ3) is 6.12. The lowest BCUT2D eigenvalue weighted by atomic mass is 10.1. The molecule has 3 N–H and O–H groups in total. The van der Waals surface area contributed by atoms with Crippen LogP contribution in [-0.4, -0.2) is 37.0 Å². The van der Waals surface area contributed by atoms with Crippen LogP contribution in [0.2, 0.25) is 0 Å². The average Bonchev–Trinajstić information content (AvgIpc) is 2.62. The van der Waals surface area contributed by atoms with Crippen molar-refractivity contribution in [2.24, 2.45) is 0 Å². The van der Waals surface area contributed by atoms with Crippen molar-refractivity contribution in [2.75, 3.05) is 37.3 Å². The highest BCUT2D eigenvalue weighted by molar-refractivity contribution is 5.93. The van der Waals surface area contributed by atoms with Gasteiger partial charge in [0.25, 0.3) is 0 Å². The summed E-state index contributed by atoms with van der Waals surface area (Å²) in [5.74, 6) is 0.616. The molecule has 0 fully saturated rings. The van der Waals surface area contributed by atoms with E-state index in [4.69, 9.17) is 10.5 Å². The average molecular weight is 341 g/mol. The zero-order chi connectivity index (χ0) is 18.1. The quantitative estimate of drug-likeness (QED) is 0.688. The van der Waals surface area contributed by atoms with Crippen molar-refractivity contribution in [2.45, 2.75) is 20.3 Å². The van der Waals surface area contributed by atoms with E-state index in [2.05, 4.69) is 24.1 Å². The number of nitrogens with zero attached hydrogens (tertiary/aromatic N) is 1. The van der Waals surface area contributed by atoms with Crippen LogP contribution >= 0.6 is 0 Å². The van der Waals surface area contributed by atoms with Crippen LogP contribution in [0.1, 0.15) is 19.4 Å². The first kappa shape index (κ1) is 18.8. The number of nitrogens with one attached hydrogen (secondary N) is 1. The van der Waals surface area contributed by atoms with Gasteiger partial charge in [-0.25, -0.2) is 0 Å². The number of hydrogen-bond acceptors (Lipinski definition) is 4. The second kappa shape index (κ2) is 9.69. The van der Waals surface area contributed by atoms with Gasteiger partial charge in [-0.15, -0.1) is 0 Å². The van der Waals surface area contributed by atoms with E-state index in [-0.39, 0.29) is 5.91 Å². The number of benzene rings is 2. The number of hydrogen-bond donors (Lipinski definition) is 2. The van der Waals surface area contributed by atoms with Crippen LogP contribution in [0.3, 0.4) is 0 Å². The molecule has 1 amide bonds. The first-order valence-corrected chi connectivity index (χ1v) is 8.70. The van der Waals surface area contributed by atoms with Crippen LogP contribution in [0.4, 0.5) is 11.4 Å². The molecular formula is C20H27N3O2. The van der Waals surface area contributed by atoms with E-state index in [0.717, 1.165) is 25.2 Å². The highest BCUT2D eigenvalue weighted by atomic mass is 16.5. The lowest BCUT2D eigenvalue weighted by Crippen LogP contribution is -2.28. The summed E-state index contributed by atoms with van der Waals surface area (Å²) in [4.78, 5) is 14.6. The molecule has 2 aromatic carbocycles. The Morgan fingerprint density at radius 3 is 2.44 bits per heavy atom. The van der Waals surface area contributed by atoms with Crippen LogP contribution in [0.25, 0.3) is 0 Å². The molecule has 0 radical (unpaired) electrons. The largest absolute Gasteiger partial charge is 0.490 e. The van der Waals surface area contributed by atoms with Gasteiger partial charge in [-0.3, -0.25) is 4.79 Å². The first-order valence-electron chi connectivity index (χ1n) is 8.70.